The van der Waals surface area contributed by atoms with Gasteiger partial charge in [-0.3, -0.25) is 0 Å². The average molecular weight is 330 g/mol. The van der Waals surface area contributed by atoms with Crippen molar-refractivity contribution in [1.29, 1.82) is 0 Å². The second kappa shape index (κ2) is 6.26. The largest absolute Gasteiger partial charge is 0.252 e. The van der Waals surface area contributed by atoms with E-state index in [1.54, 1.807) is 13.1 Å². The highest BCUT2D eigenvalue weighted by molar-refractivity contribution is 7.91. The minimum Gasteiger partial charge on any atom is -0.206 e. The van der Waals surface area contributed by atoms with E-state index in [1.165, 1.54) is 15.6 Å². The molecule has 0 saturated carbocycles. The summed E-state index contributed by atoms with van der Waals surface area (Å²) in [5.74, 6) is 0.342. The maximum atomic E-state index is 12.5. The summed E-state index contributed by atoms with van der Waals surface area (Å²) in [7, 11) is -1.86. The lowest BCUT2D eigenvalue weighted by atomic mass is 10.2. The molecule has 3 nitrogen and oxygen atoms in total. The van der Waals surface area contributed by atoms with Gasteiger partial charge < -0.3 is 0 Å². The molecule has 0 radical (unpaired) electrons. The average Bonchev–Trinajstić information content (AvgIpc) is 2.81. The van der Waals surface area contributed by atoms with Gasteiger partial charge in [-0.1, -0.05) is 30.3 Å². The van der Waals surface area contributed by atoms with Crippen LogP contribution in [0.25, 0.3) is 0 Å². The molecule has 1 aromatic carbocycles. The lowest BCUT2D eigenvalue weighted by molar-refractivity contribution is 0.468. The van der Waals surface area contributed by atoms with Gasteiger partial charge in [0.05, 0.1) is 5.88 Å². The van der Waals surface area contributed by atoms with Crippen LogP contribution < -0.4 is 0 Å². The number of nitrogens with zero attached hydrogens (tertiary/aromatic N) is 1. The van der Waals surface area contributed by atoms with Crippen LogP contribution in [0.5, 0.6) is 0 Å². The van der Waals surface area contributed by atoms with Crippen LogP contribution >= 0.6 is 22.9 Å². The van der Waals surface area contributed by atoms with Crippen molar-refractivity contribution in [3.05, 3.63) is 52.4 Å². The molecule has 20 heavy (non-hydrogen) atoms. The monoisotopic (exact) mass is 329 g/mol. The summed E-state index contributed by atoms with van der Waals surface area (Å²) < 4.78 is 26.7. The van der Waals surface area contributed by atoms with E-state index in [-0.39, 0.29) is 0 Å². The standard InChI is InChI=1S/C14H16ClNO2S2/c1-11-8-14(19-13(11)9-15)20(17,18)16(2)10-12-6-4-3-5-7-12/h3-8H,9-10H2,1-2H3. The molecule has 0 spiro atoms. The highest BCUT2D eigenvalue weighted by Crippen LogP contribution is 2.29. The molecule has 0 aliphatic carbocycles. The Morgan fingerprint density at radius 3 is 2.45 bits per heavy atom. The molecule has 0 saturated heterocycles. The van der Waals surface area contributed by atoms with E-state index in [2.05, 4.69) is 0 Å². The van der Waals surface area contributed by atoms with Gasteiger partial charge in [0.25, 0.3) is 10.0 Å². The van der Waals surface area contributed by atoms with E-state index in [1.807, 2.05) is 37.3 Å². The second-order valence-corrected chi connectivity index (χ2v) is 8.23. The minimum atomic E-state index is -3.46. The number of halogens is 1. The van der Waals surface area contributed by atoms with Crippen molar-refractivity contribution in [3.63, 3.8) is 0 Å². The third-order valence-corrected chi connectivity index (χ3v) is 6.95. The van der Waals surface area contributed by atoms with Crippen LogP contribution in [0.1, 0.15) is 16.0 Å². The van der Waals surface area contributed by atoms with E-state index < -0.39 is 10.0 Å². The first-order valence-corrected chi connectivity index (χ1v) is 8.90. The molecule has 1 aromatic heterocycles. The van der Waals surface area contributed by atoms with Crippen molar-refractivity contribution in [3.8, 4) is 0 Å². The van der Waals surface area contributed by atoms with Crippen LogP contribution in [0.15, 0.2) is 40.6 Å². The predicted molar refractivity (Wildman–Crippen MR) is 83.7 cm³/mol. The zero-order valence-electron chi connectivity index (χ0n) is 11.3. The molecule has 0 N–H and O–H groups in total. The Hall–Kier alpha value is -0.880. The van der Waals surface area contributed by atoms with E-state index in [0.717, 1.165) is 16.0 Å². The van der Waals surface area contributed by atoms with Crippen LogP contribution in [0.2, 0.25) is 0 Å². The Balaban J connectivity index is 2.25. The first-order valence-electron chi connectivity index (χ1n) is 6.10. The maximum absolute atomic E-state index is 12.5. The Morgan fingerprint density at radius 1 is 1.25 bits per heavy atom. The van der Waals surface area contributed by atoms with E-state index >= 15 is 0 Å². The molecule has 108 valence electrons. The van der Waals surface area contributed by atoms with Gasteiger partial charge in [-0.2, -0.15) is 4.31 Å². The molecule has 2 rings (SSSR count). The number of aryl methyl sites for hydroxylation is 1. The van der Waals surface area contributed by atoms with Gasteiger partial charge in [-0.25, -0.2) is 8.42 Å². The molecule has 0 fully saturated rings. The number of hydrogen-bond acceptors (Lipinski definition) is 3. The fourth-order valence-corrected chi connectivity index (χ4v) is 5.01. The summed E-state index contributed by atoms with van der Waals surface area (Å²) in [5, 5.41) is 0. The SMILES string of the molecule is Cc1cc(S(=O)(=O)N(C)Cc2ccccc2)sc1CCl. The minimum absolute atomic E-state index is 0.342. The Kier molecular flexibility index (Phi) is 4.86. The number of benzene rings is 1. The number of hydrogen-bond donors (Lipinski definition) is 0. The zero-order valence-corrected chi connectivity index (χ0v) is 13.7. The summed E-state index contributed by atoms with van der Waals surface area (Å²) in [4.78, 5) is 0.901. The fourth-order valence-electron chi connectivity index (χ4n) is 1.83. The van der Waals surface area contributed by atoms with Gasteiger partial charge in [-0.15, -0.1) is 22.9 Å². The van der Waals surface area contributed by atoms with Gasteiger partial charge in [0.1, 0.15) is 4.21 Å². The molecular weight excluding hydrogens is 314 g/mol. The third-order valence-electron chi connectivity index (χ3n) is 3.03. The fraction of sp³-hybridized carbons (Fsp3) is 0.286. The van der Waals surface area contributed by atoms with Gasteiger partial charge in [-0.05, 0) is 24.1 Å². The van der Waals surface area contributed by atoms with Crippen LogP contribution in [-0.4, -0.2) is 19.8 Å². The Morgan fingerprint density at radius 2 is 1.90 bits per heavy atom. The van der Waals surface area contributed by atoms with Crippen molar-refractivity contribution in [1.82, 2.24) is 4.31 Å². The molecule has 0 amide bonds. The van der Waals surface area contributed by atoms with Crippen molar-refractivity contribution < 1.29 is 8.42 Å². The lowest BCUT2D eigenvalue weighted by Gasteiger charge is -2.16. The van der Waals surface area contributed by atoms with Gasteiger partial charge in [0.2, 0.25) is 0 Å². The number of thiophene rings is 1. The summed E-state index contributed by atoms with van der Waals surface area (Å²) >= 11 is 7.05. The Labute approximate surface area is 128 Å². The van der Waals surface area contributed by atoms with Gasteiger partial charge >= 0.3 is 0 Å². The van der Waals surface area contributed by atoms with Crippen molar-refractivity contribution in [2.24, 2.45) is 0 Å². The topological polar surface area (TPSA) is 37.4 Å². The maximum Gasteiger partial charge on any atom is 0.252 e. The van der Waals surface area contributed by atoms with Crippen LogP contribution in [0.4, 0.5) is 0 Å². The Bertz CT molecular complexity index is 680. The first-order chi connectivity index (χ1) is 9.45. The molecule has 0 unspecified atom stereocenters. The lowest BCUT2D eigenvalue weighted by Crippen LogP contribution is -2.25. The first kappa shape index (κ1) is 15.5. The molecule has 0 bridgehead atoms. The summed E-state index contributed by atoms with van der Waals surface area (Å²) in [6.45, 7) is 2.24. The zero-order chi connectivity index (χ0) is 14.8. The van der Waals surface area contributed by atoms with Crippen molar-refractivity contribution >= 4 is 33.0 Å². The highest BCUT2D eigenvalue weighted by Gasteiger charge is 2.24. The van der Waals surface area contributed by atoms with Crippen LogP contribution in [0, 0.1) is 6.92 Å². The molecular formula is C14H16ClNO2S2. The summed E-state index contributed by atoms with van der Waals surface area (Å²) in [5.41, 5.74) is 1.89. The van der Waals surface area contributed by atoms with Crippen LogP contribution in [0.3, 0.4) is 0 Å². The summed E-state index contributed by atoms with van der Waals surface area (Å²) in [6.07, 6.45) is 0. The third kappa shape index (κ3) is 3.23. The molecule has 2 aromatic rings. The van der Waals surface area contributed by atoms with Gasteiger partial charge in [0, 0.05) is 18.5 Å². The normalized spacial score (nSPS) is 12.0. The van der Waals surface area contributed by atoms with Crippen molar-refractivity contribution in [2.75, 3.05) is 7.05 Å². The van der Waals surface area contributed by atoms with E-state index in [9.17, 15) is 8.42 Å². The number of rotatable bonds is 5. The highest BCUT2D eigenvalue weighted by atomic mass is 35.5. The molecule has 0 atom stereocenters. The smallest absolute Gasteiger partial charge is 0.206 e. The number of sulfonamides is 1. The molecule has 1 heterocycles. The molecule has 0 aliphatic heterocycles. The number of alkyl halides is 1. The molecule has 0 aliphatic rings. The summed E-state index contributed by atoms with van der Waals surface area (Å²) in [6, 6.07) is 11.2. The molecule has 6 heteroatoms. The van der Waals surface area contributed by atoms with E-state index in [0.29, 0.717) is 16.6 Å². The van der Waals surface area contributed by atoms with Crippen LogP contribution in [-0.2, 0) is 22.4 Å². The van der Waals surface area contributed by atoms with Gasteiger partial charge in [0.15, 0.2) is 0 Å². The van der Waals surface area contributed by atoms with Crippen molar-refractivity contribution in [2.45, 2.75) is 23.6 Å². The predicted octanol–water partition coefficient (Wildman–Crippen LogP) is 3.62. The van der Waals surface area contributed by atoms with E-state index in [4.69, 9.17) is 11.6 Å². The second-order valence-electron chi connectivity index (χ2n) is 4.55. The quantitative estimate of drug-likeness (QED) is 0.786.